The lowest BCUT2D eigenvalue weighted by molar-refractivity contribution is -0.109. The molecule has 9 heteroatoms. The molecule has 2 amide bonds. The van der Waals surface area contributed by atoms with Crippen LogP contribution in [0.5, 0.6) is 0 Å². The molecule has 0 aromatic heterocycles. The van der Waals surface area contributed by atoms with Gasteiger partial charge in [-0.3, -0.25) is 4.79 Å². The Morgan fingerprint density at radius 1 is 0.862 bits per heavy atom. The molecule has 2 aliphatic rings. The molecular formula is C20H36N2O6S. The second-order valence-corrected chi connectivity index (χ2v) is 10.8. The Hall–Kier alpha value is -1.48. The van der Waals surface area contributed by atoms with Gasteiger partial charge in [-0.05, 0) is 54.4 Å². The number of amides is 2. The Balaban J connectivity index is 0.000000296. The van der Waals surface area contributed by atoms with Gasteiger partial charge >= 0.3 is 12.2 Å². The molecule has 2 saturated heterocycles. The minimum absolute atomic E-state index is 0.107. The molecule has 0 unspecified atom stereocenters. The van der Waals surface area contributed by atoms with E-state index in [4.69, 9.17) is 9.47 Å². The molecule has 2 aliphatic heterocycles. The average Bonchev–Trinajstić information content (AvgIpc) is 3.13. The second-order valence-electron chi connectivity index (χ2n) is 9.32. The number of aliphatic hydroxyl groups is 1. The molecule has 2 heterocycles. The summed E-state index contributed by atoms with van der Waals surface area (Å²) in [5.41, 5.74) is -0.909. The van der Waals surface area contributed by atoms with Crippen molar-refractivity contribution in [2.24, 2.45) is 0 Å². The minimum Gasteiger partial charge on any atom is -0.444 e. The number of hydrogen-bond donors (Lipinski definition) is 1. The number of aliphatic hydroxyl groups excluding tert-OH is 1. The first-order valence-corrected chi connectivity index (χ1v) is 10.9. The molecule has 168 valence electrons. The van der Waals surface area contributed by atoms with Crippen LogP contribution in [0.25, 0.3) is 0 Å². The van der Waals surface area contributed by atoms with Gasteiger partial charge in [0, 0.05) is 38.4 Å². The van der Waals surface area contributed by atoms with Gasteiger partial charge in [-0.25, -0.2) is 9.59 Å². The van der Waals surface area contributed by atoms with Gasteiger partial charge < -0.3 is 24.4 Å². The smallest absolute Gasteiger partial charge is 0.410 e. The predicted molar refractivity (Wildman–Crippen MR) is 113 cm³/mol. The molecular weight excluding hydrogens is 396 g/mol. The highest BCUT2D eigenvalue weighted by molar-refractivity contribution is 8.14. The maximum Gasteiger partial charge on any atom is 0.410 e. The summed E-state index contributed by atoms with van der Waals surface area (Å²) in [7, 11) is 0. The van der Waals surface area contributed by atoms with Gasteiger partial charge in [0.25, 0.3) is 0 Å². The third kappa shape index (κ3) is 10.7. The summed E-state index contributed by atoms with van der Waals surface area (Å²) in [5, 5.41) is 9.53. The molecule has 8 nitrogen and oxygen atoms in total. The fraction of sp³-hybridized carbons (Fsp3) is 0.850. The lowest BCUT2D eigenvalue weighted by atomic mass is 10.2. The van der Waals surface area contributed by atoms with Crippen molar-refractivity contribution in [3.05, 3.63) is 0 Å². The quantitative estimate of drug-likeness (QED) is 0.679. The van der Waals surface area contributed by atoms with Crippen molar-refractivity contribution in [2.75, 3.05) is 26.2 Å². The average molecular weight is 433 g/mol. The Labute approximate surface area is 178 Å². The number of carbonyl (C=O) groups is 3. The van der Waals surface area contributed by atoms with E-state index < -0.39 is 11.2 Å². The highest BCUT2D eigenvalue weighted by Gasteiger charge is 2.31. The van der Waals surface area contributed by atoms with Crippen molar-refractivity contribution >= 4 is 29.1 Å². The maximum atomic E-state index is 11.7. The van der Waals surface area contributed by atoms with Crippen LogP contribution in [-0.4, -0.2) is 80.9 Å². The van der Waals surface area contributed by atoms with E-state index in [0.29, 0.717) is 32.6 Å². The molecule has 0 saturated carbocycles. The minimum atomic E-state index is -0.455. The van der Waals surface area contributed by atoms with E-state index in [9.17, 15) is 19.5 Å². The summed E-state index contributed by atoms with van der Waals surface area (Å²) in [6.07, 6.45) is 0.527. The number of hydrogen-bond acceptors (Lipinski definition) is 7. The van der Waals surface area contributed by atoms with Crippen molar-refractivity contribution in [3.63, 3.8) is 0 Å². The molecule has 2 fully saturated rings. The SMILES string of the molecule is CC(=O)S[C@@H]1CCN(C(=O)OC(C)(C)C)C1.CC(C)(C)OC(=O)N1CC[C@H](O)C1. The van der Waals surface area contributed by atoms with E-state index in [2.05, 4.69) is 0 Å². The maximum absolute atomic E-state index is 11.7. The molecule has 29 heavy (non-hydrogen) atoms. The Bertz CT molecular complexity index is 585. The Morgan fingerprint density at radius 2 is 1.31 bits per heavy atom. The van der Waals surface area contributed by atoms with E-state index in [-0.39, 0.29) is 28.7 Å². The fourth-order valence-electron chi connectivity index (χ4n) is 2.79. The largest absolute Gasteiger partial charge is 0.444 e. The van der Waals surface area contributed by atoms with Gasteiger partial charge in [-0.2, -0.15) is 0 Å². The first kappa shape index (κ1) is 25.6. The topological polar surface area (TPSA) is 96.4 Å². The van der Waals surface area contributed by atoms with E-state index in [0.717, 1.165) is 6.42 Å². The van der Waals surface area contributed by atoms with Gasteiger partial charge in [-0.15, -0.1) is 0 Å². The van der Waals surface area contributed by atoms with Crippen LogP contribution in [0.15, 0.2) is 0 Å². The van der Waals surface area contributed by atoms with Crippen LogP contribution in [0, 0.1) is 0 Å². The first-order chi connectivity index (χ1) is 13.2. The van der Waals surface area contributed by atoms with Gasteiger partial charge in [0.2, 0.25) is 0 Å². The van der Waals surface area contributed by atoms with Gasteiger partial charge in [0.1, 0.15) is 11.2 Å². The molecule has 0 aromatic rings. The third-order valence-corrected chi connectivity index (χ3v) is 4.99. The van der Waals surface area contributed by atoms with Crippen molar-refractivity contribution in [1.82, 2.24) is 9.80 Å². The number of thioether (sulfide) groups is 1. The molecule has 0 radical (unpaired) electrons. The number of likely N-dealkylation sites (tertiary alicyclic amines) is 2. The number of β-amino-alcohol motifs (C(OH)–C–C–N with tert-alkyl or cyclic N) is 1. The van der Waals surface area contributed by atoms with Crippen molar-refractivity contribution in [1.29, 1.82) is 0 Å². The number of carbonyl (C=O) groups excluding carboxylic acids is 3. The standard InChI is InChI=1S/C11H19NO3S.C9H17NO3/c1-8(13)16-9-5-6-12(7-9)10(14)15-11(2,3)4;1-9(2,3)13-8(12)10-5-4-7(11)6-10/h9H,5-7H2,1-4H3;7,11H,4-6H2,1-3H3/t9-;7-/m10/s1. The lowest BCUT2D eigenvalue weighted by Crippen LogP contribution is -2.35. The van der Waals surface area contributed by atoms with Crippen LogP contribution < -0.4 is 0 Å². The zero-order valence-electron chi connectivity index (χ0n) is 18.7. The highest BCUT2D eigenvalue weighted by Crippen LogP contribution is 2.24. The Morgan fingerprint density at radius 3 is 1.69 bits per heavy atom. The first-order valence-electron chi connectivity index (χ1n) is 9.97. The van der Waals surface area contributed by atoms with Crippen LogP contribution >= 0.6 is 11.8 Å². The van der Waals surface area contributed by atoms with Crippen molar-refractivity contribution < 1.29 is 29.0 Å². The zero-order chi connectivity index (χ0) is 22.4. The molecule has 0 spiro atoms. The highest BCUT2D eigenvalue weighted by atomic mass is 32.2. The van der Waals surface area contributed by atoms with E-state index in [1.807, 2.05) is 41.5 Å². The summed E-state index contributed by atoms with van der Waals surface area (Å²) in [6.45, 7) is 14.9. The fourth-order valence-corrected chi connectivity index (χ4v) is 3.73. The van der Waals surface area contributed by atoms with Gasteiger partial charge in [0.05, 0.1) is 6.10 Å². The van der Waals surface area contributed by atoms with Crippen molar-refractivity contribution in [2.45, 2.75) is 83.9 Å². The monoisotopic (exact) mass is 432 g/mol. The number of rotatable bonds is 1. The van der Waals surface area contributed by atoms with Crippen LogP contribution in [-0.2, 0) is 14.3 Å². The normalized spacial score (nSPS) is 22.1. The van der Waals surface area contributed by atoms with E-state index >= 15 is 0 Å². The van der Waals surface area contributed by atoms with Gasteiger partial charge in [0.15, 0.2) is 5.12 Å². The summed E-state index contributed by atoms with van der Waals surface area (Å²) >= 11 is 1.31. The van der Waals surface area contributed by atoms with Crippen LogP contribution in [0.2, 0.25) is 0 Å². The van der Waals surface area contributed by atoms with Crippen LogP contribution in [0.1, 0.15) is 61.3 Å². The zero-order valence-corrected chi connectivity index (χ0v) is 19.5. The van der Waals surface area contributed by atoms with Crippen LogP contribution in [0.3, 0.4) is 0 Å². The number of nitrogens with zero attached hydrogens (tertiary/aromatic N) is 2. The summed E-state index contributed by atoms with van der Waals surface area (Å²) in [4.78, 5) is 37.2. The predicted octanol–water partition coefficient (Wildman–Crippen LogP) is 3.26. The molecule has 0 aromatic carbocycles. The summed E-state index contributed by atoms with van der Waals surface area (Å²) < 4.78 is 10.4. The third-order valence-electron chi connectivity index (χ3n) is 3.94. The van der Waals surface area contributed by atoms with E-state index in [1.165, 1.54) is 16.7 Å². The van der Waals surface area contributed by atoms with Crippen molar-refractivity contribution in [3.8, 4) is 0 Å². The second kappa shape index (κ2) is 10.5. The molecule has 2 rings (SSSR count). The van der Waals surface area contributed by atoms with E-state index in [1.54, 1.807) is 11.8 Å². The summed E-state index contributed by atoms with van der Waals surface area (Å²) in [5.74, 6) is 0. The Kier molecular flexibility index (Phi) is 9.27. The molecule has 1 N–H and O–H groups in total. The lowest BCUT2D eigenvalue weighted by Gasteiger charge is -2.24. The van der Waals surface area contributed by atoms with Gasteiger partial charge in [-0.1, -0.05) is 11.8 Å². The molecule has 0 aliphatic carbocycles. The van der Waals surface area contributed by atoms with Crippen LogP contribution in [0.4, 0.5) is 9.59 Å². The summed E-state index contributed by atoms with van der Waals surface area (Å²) in [6, 6.07) is 0. The molecule has 2 atom stereocenters. The number of ether oxygens (including phenoxy) is 2. The molecule has 0 bridgehead atoms.